The number of halogens is 1. The van der Waals surface area contributed by atoms with E-state index in [2.05, 4.69) is 0 Å². The van der Waals surface area contributed by atoms with Gasteiger partial charge in [-0.25, -0.2) is 4.79 Å². The van der Waals surface area contributed by atoms with Crippen molar-refractivity contribution in [2.45, 2.75) is 32.1 Å². The quantitative estimate of drug-likeness (QED) is 0.616. The van der Waals surface area contributed by atoms with Gasteiger partial charge in [-0.3, -0.25) is 4.79 Å². The summed E-state index contributed by atoms with van der Waals surface area (Å²) in [7, 11) is 0. The molecule has 0 atom stereocenters. The first-order valence-electron chi connectivity index (χ1n) is 5.42. The number of hydrogen-bond donors (Lipinski definition) is 0. The molecule has 0 amide bonds. The maximum Gasteiger partial charge on any atom is 0.368 e. The molecular formula is C13H15ClO3S. The van der Waals surface area contributed by atoms with E-state index < -0.39 is 10.8 Å². The number of rotatable bonds is 3. The second-order valence-electron chi connectivity index (χ2n) is 4.73. The van der Waals surface area contributed by atoms with E-state index in [9.17, 15) is 9.59 Å². The summed E-state index contributed by atoms with van der Waals surface area (Å²) in [4.78, 5) is 22.5. The average Bonchev–Trinajstić information content (AvgIpc) is 2.24. The molecule has 0 aliphatic rings. The topological polar surface area (TPSA) is 43.4 Å². The average molecular weight is 287 g/mol. The fourth-order valence-electron chi connectivity index (χ4n) is 1.21. The molecule has 98 valence electrons. The van der Waals surface area contributed by atoms with Crippen LogP contribution in [0.3, 0.4) is 0 Å². The van der Waals surface area contributed by atoms with Crippen LogP contribution in [-0.2, 0) is 10.5 Å². The summed E-state index contributed by atoms with van der Waals surface area (Å²) >= 11 is 6.45. The van der Waals surface area contributed by atoms with Crippen molar-refractivity contribution in [1.29, 1.82) is 0 Å². The molecule has 1 rings (SSSR count). The van der Waals surface area contributed by atoms with Crippen molar-refractivity contribution < 1.29 is 14.3 Å². The van der Waals surface area contributed by atoms with Gasteiger partial charge in [-0.2, -0.15) is 0 Å². The molecule has 0 aliphatic heterocycles. The predicted octanol–water partition coefficient (Wildman–Crippen LogP) is 4.23. The number of benzene rings is 1. The molecule has 0 saturated carbocycles. The highest BCUT2D eigenvalue weighted by Gasteiger charge is 2.16. The van der Waals surface area contributed by atoms with Gasteiger partial charge in [0.2, 0.25) is 0 Å². The summed E-state index contributed by atoms with van der Waals surface area (Å²) in [5.41, 5.74) is 0.800. The van der Waals surface area contributed by atoms with Crippen molar-refractivity contribution in [3.63, 3.8) is 0 Å². The standard InChI is InChI=1S/C13H15ClO3S/c1-13(2,3)17-12(16)18-8-9-5-4-6-10(7-9)11(14)15/h4-7H,8H2,1-3H3. The Morgan fingerprint density at radius 1 is 1.33 bits per heavy atom. The highest BCUT2D eigenvalue weighted by atomic mass is 35.5. The lowest BCUT2D eigenvalue weighted by atomic mass is 10.2. The molecule has 0 heterocycles. The van der Waals surface area contributed by atoms with Crippen LogP contribution in [0.15, 0.2) is 24.3 Å². The van der Waals surface area contributed by atoms with Crippen LogP contribution < -0.4 is 0 Å². The second kappa shape index (κ2) is 6.25. The normalized spacial score (nSPS) is 11.1. The number of hydrogen-bond acceptors (Lipinski definition) is 4. The summed E-state index contributed by atoms with van der Waals surface area (Å²) in [5, 5.41) is -0.829. The van der Waals surface area contributed by atoms with E-state index in [1.165, 1.54) is 0 Å². The van der Waals surface area contributed by atoms with Gasteiger partial charge >= 0.3 is 5.30 Å². The Morgan fingerprint density at radius 2 is 2.00 bits per heavy atom. The molecule has 1 aromatic rings. The monoisotopic (exact) mass is 286 g/mol. The van der Waals surface area contributed by atoms with Crippen molar-refractivity contribution in [3.05, 3.63) is 35.4 Å². The zero-order chi connectivity index (χ0) is 13.8. The largest absolute Gasteiger partial charge is 0.452 e. The number of carbonyl (C=O) groups is 2. The third-order valence-electron chi connectivity index (χ3n) is 1.90. The lowest BCUT2D eigenvalue weighted by Gasteiger charge is -2.18. The first kappa shape index (κ1) is 15.1. The van der Waals surface area contributed by atoms with Crippen molar-refractivity contribution in [1.82, 2.24) is 0 Å². The molecule has 0 aliphatic carbocycles. The molecule has 3 nitrogen and oxygen atoms in total. The van der Waals surface area contributed by atoms with E-state index in [4.69, 9.17) is 16.3 Å². The molecular weight excluding hydrogens is 272 g/mol. The third kappa shape index (κ3) is 5.56. The van der Waals surface area contributed by atoms with Gasteiger partial charge in [-0.1, -0.05) is 18.2 Å². The van der Waals surface area contributed by atoms with E-state index in [0.717, 1.165) is 17.3 Å². The summed E-state index contributed by atoms with van der Waals surface area (Å²) in [6, 6.07) is 6.88. The number of ether oxygens (including phenoxy) is 1. The zero-order valence-corrected chi connectivity index (χ0v) is 12.1. The fourth-order valence-corrected chi connectivity index (χ4v) is 2.10. The van der Waals surface area contributed by atoms with Gasteiger partial charge in [0.15, 0.2) is 0 Å². The zero-order valence-electron chi connectivity index (χ0n) is 10.5. The van der Waals surface area contributed by atoms with Crippen LogP contribution in [0.2, 0.25) is 0 Å². The SMILES string of the molecule is CC(C)(C)OC(=O)SCc1cccc(C(=O)Cl)c1. The molecule has 0 bridgehead atoms. The minimum Gasteiger partial charge on any atom is -0.452 e. The smallest absolute Gasteiger partial charge is 0.368 e. The Bertz CT molecular complexity index is 452. The van der Waals surface area contributed by atoms with E-state index >= 15 is 0 Å². The maximum atomic E-state index is 11.5. The van der Waals surface area contributed by atoms with Crippen LogP contribution in [0.5, 0.6) is 0 Å². The lowest BCUT2D eigenvalue weighted by Crippen LogP contribution is -2.21. The fraction of sp³-hybridized carbons (Fsp3) is 0.385. The molecule has 1 aromatic carbocycles. The Morgan fingerprint density at radius 3 is 2.56 bits per heavy atom. The van der Waals surface area contributed by atoms with Crippen molar-refractivity contribution >= 4 is 33.9 Å². The molecule has 0 N–H and O–H groups in total. The summed E-state index contributed by atoms with van der Waals surface area (Å²) in [6.07, 6.45) is 0. The third-order valence-corrected chi connectivity index (χ3v) is 2.92. The Labute approximate surface area is 116 Å². The maximum absolute atomic E-state index is 11.5. The van der Waals surface area contributed by atoms with Gasteiger partial charge in [0.05, 0.1) is 0 Å². The summed E-state index contributed by atoms with van der Waals surface area (Å²) in [6.45, 7) is 5.45. The predicted molar refractivity (Wildman–Crippen MR) is 74.2 cm³/mol. The summed E-state index contributed by atoms with van der Waals surface area (Å²) in [5.74, 6) is 0.451. The molecule has 0 unspecified atom stereocenters. The molecule has 18 heavy (non-hydrogen) atoms. The van der Waals surface area contributed by atoms with Crippen LogP contribution in [0, 0.1) is 0 Å². The first-order chi connectivity index (χ1) is 8.28. The second-order valence-corrected chi connectivity index (χ2v) is 5.98. The van der Waals surface area contributed by atoms with Crippen LogP contribution in [-0.4, -0.2) is 16.1 Å². The first-order valence-corrected chi connectivity index (χ1v) is 6.79. The van der Waals surface area contributed by atoms with Crippen LogP contribution in [0.1, 0.15) is 36.7 Å². The van der Waals surface area contributed by atoms with Crippen molar-refractivity contribution in [2.75, 3.05) is 0 Å². The molecule has 0 fully saturated rings. The van der Waals surface area contributed by atoms with E-state index in [1.54, 1.807) is 18.2 Å². The van der Waals surface area contributed by atoms with Gasteiger partial charge in [0, 0.05) is 11.3 Å². The van der Waals surface area contributed by atoms with Crippen LogP contribution >= 0.6 is 23.4 Å². The van der Waals surface area contributed by atoms with Crippen molar-refractivity contribution in [3.8, 4) is 0 Å². The Kier molecular flexibility index (Phi) is 5.23. The van der Waals surface area contributed by atoms with Crippen LogP contribution in [0.4, 0.5) is 4.79 Å². The van der Waals surface area contributed by atoms with Gasteiger partial charge in [-0.15, -0.1) is 0 Å². The van der Waals surface area contributed by atoms with E-state index in [1.807, 2.05) is 26.8 Å². The minimum absolute atomic E-state index is 0.329. The highest BCUT2D eigenvalue weighted by Crippen LogP contribution is 2.20. The number of thioether (sulfide) groups is 1. The highest BCUT2D eigenvalue weighted by molar-refractivity contribution is 8.12. The van der Waals surface area contributed by atoms with Crippen molar-refractivity contribution in [2.24, 2.45) is 0 Å². The van der Waals surface area contributed by atoms with E-state index in [-0.39, 0.29) is 5.30 Å². The minimum atomic E-state index is -0.501. The van der Waals surface area contributed by atoms with Gasteiger partial charge in [0.1, 0.15) is 5.60 Å². The van der Waals surface area contributed by atoms with Gasteiger partial charge in [0.25, 0.3) is 5.24 Å². The number of carbonyl (C=O) groups excluding carboxylic acids is 2. The summed E-state index contributed by atoms with van der Waals surface area (Å²) < 4.78 is 5.17. The lowest BCUT2D eigenvalue weighted by molar-refractivity contribution is 0.0737. The molecule has 0 saturated heterocycles. The molecule has 0 spiro atoms. The van der Waals surface area contributed by atoms with Gasteiger partial charge < -0.3 is 4.74 Å². The molecule has 5 heteroatoms. The Hall–Kier alpha value is -1.00. The van der Waals surface area contributed by atoms with Gasteiger partial charge in [-0.05, 0) is 55.8 Å². The Balaban J connectivity index is 2.56. The van der Waals surface area contributed by atoms with Crippen LogP contribution in [0.25, 0.3) is 0 Å². The molecule has 0 aromatic heterocycles. The van der Waals surface area contributed by atoms with E-state index in [0.29, 0.717) is 11.3 Å². The molecule has 0 radical (unpaired) electrons.